The Hall–Kier alpha value is -2.50. The number of methoxy groups -OCH3 is 1. The molecule has 1 fully saturated rings. The number of alkyl halides is 3. The summed E-state index contributed by atoms with van der Waals surface area (Å²) in [5.74, 6) is -1.99. The van der Waals surface area contributed by atoms with E-state index in [1.807, 2.05) is 0 Å². The Balaban J connectivity index is 1.88. The average Bonchev–Trinajstić information content (AvgIpc) is 3.14. The number of carbonyl (C=O) groups excluding carboxylic acids is 1. The van der Waals surface area contributed by atoms with Crippen LogP contribution in [0, 0.1) is 5.82 Å². The van der Waals surface area contributed by atoms with Crippen LogP contribution >= 0.6 is 0 Å². The quantitative estimate of drug-likeness (QED) is 0.414. The van der Waals surface area contributed by atoms with Crippen molar-refractivity contribution in [2.24, 2.45) is 0 Å². The van der Waals surface area contributed by atoms with Gasteiger partial charge in [-0.25, -0.2) is 4.39 Å². The molecule has 0 aliphatic heterocycles. The minimum absolute atomic E-state index is 0.00336. The maximum atomic E-state index is 14.1. The van der Waals surface area contributed by atoms with Gasteiger partial charge in [0.25, 0.3) is 5.91 Å². The third-order valence-corrected chi connectivity index (χ3v) is 5.31. The van der Waals surface area contributed by atoms with Crippen molar-refractivity contribution in [2.75, 3.05) is 20.3 Å². The molecule has 0 saturated heterocycles. The van der Waals surface area contributed by atoms with E-state index in [0.717, 1.165) is 12.5 Å². The highest BCUT2D eigenvalue weighted by Gasteiger charge is 2.34. The fourth-order valence-electron chi connectivity index (χ4n) is 3.70. The van der Waals surface area contributed by atoms with Crippen LogP contribution in [0.5, 0.6) is 0 Å². The van der Waals surface area contributed by atoms with E-state index in [-0.39, 0.29) is 35.2 Å². The highest BCUT2D eigenvalue weighted by Crippen LogP contribution is 2.35. The normalized spacial score (nSPS) is 19.2. The summed E-state index contributed by atoms with van der Waals surface area (Å²) in [7, 11) is 1.52. The van der Waals surface area contributed by atoms with E-state index in [0.29, 0.717) is 44.5 Å². The predicted octanol–water partition coefficient (Wildman–Crippen LogP) is 3.27. The molecule has 176 valence electrons. The van der Waals surface area contributed by atoms with Crippen LogP contribution in [0.4, 0.5) is 17.6 Å². The Kier molecular flexibility index (Phi) is 7.86. The number of aliphatic hydroxyl groups excluding tert-OH is 1. The van der Waals surface area contributed by atoms with Gasteiger partial charge in [0.1, 0.15) is 5.82 Å². The van der Waals surface area contributed by atoms with Crippen LogP contribution in [-0.4, -0.2) is 48.6 Å². The number of benzene rings is 1. The third-order valence-electron chi connectivity index (χ3n) is 5.31. The fraction of sp³-hybridized carbons (Fsp3) is 0.524. The number of rotatable bonds is 8. The molecule has 2 atom stereocenters. The predicted molar refractivity (Wildman–Crippen MR) is 106 cm³/mol. The van der Waals surface area contributed by atoms with E-state index in [9.17, 15) is 27.5 Å². The summed E-state index contributed by atoms with van der Waals surface area (Å²) in [4.78, 5) is 12.8. The molecule has 1 aliphatic rings. The van der Waals surface area contributed by atoms with E-state index < -0.39 is 29.6 Å². The van der Waals surface area contributed by atoms with Crippen LogP contribution in [0.25, 0.3) is 11.3 Å². The lowest BCUT2D eigenvalue weighted by Gasteiger charge is -2.26. The van der Waals surface area contributed by atoms with E-state index >= 15 is 0 Å². The molecule has 1 aliphatic carbocycles. The molecule has 1 aromatic heterocycles. The lowest BCUT2D eigenvalue weighted by atomic mass is 9.93. The maximum Gasteiger partial charge on any atom is 0.419 e. The molecule has 0 bridgehead atoms. The molecule has 32 heavy (non-hydrogen) atoms. The van der Waals surface area contributed by atoms with Gasteiger partial charge in [-0.05, 0) is 37.8 Å². The first-order valence-electron chi connectivity index (χ1n) is 10.2. The Morgan fingerprint density at radius 3 is 2.78 bits per heavy atom. The van der Waals surface area contributed by atoms with Crippen LogP contribution in [0.3, 0.4) is 0 Å². The second kappa shape index (κ2) is 10.4. The Labute approximate surface area is 182 Å². The summed E-state index contributed by atoms with van der Waals surface area (Å²) in [5, 5.41) is 19.5. The van der Waals surface area contributed by atoms with E-state index in [1.165, 1.54) is 7.11 Å². The summed E-state index contributed by atoms with van der Waals surface area (Å²) in [6.07, 6.45) is -2.75. The zero-order chi connectivity index (χ0) is 23.3. The van der Waals surface area contributed by atoms with Crippen molar-refractivity contribution in [3.8, 4) is 11.3 Å². The molecule has 7 nitrogen and oxygen atoms in total. The number of hydrogen-bond acceptors (Lipinski definition) is 6. The molecule has 0 spiro atoms. The van der Waals surface area contributed by atoms with Crippen molar-refractivity contribution in [1.29, 1.82) is 0 Å². The molecule has 2 aromatic rings. The summed E-state index contributed by atoms with van der Waals surface area (Å²) >= 11 is 0. The zero-order valence-electron chi connectivity index (χ0n) is 17.5. The fourth-order valence-corrected chi connectivity index (χ4v) is 3.70. The summed E-state index contributed by atoms with van der Waals surface area (Å²) in [6.45, 7) is 0.913. The van der Waals surface area contributed by atoms with Gasteiger partial charge >= 0.3 is 6.18 Å². The van der Waals surface area contributed by atoms with Crippen molar-refractivity contribution < 1.29 is 36.7 Å². The summed E-state index contributed by atoms with van der Waals surface area (Å²) in [6, 6.07) is 2.17. The van der Waals surface area contributed by atoms with E-state index in [2.05, 4.69) is 15.8 Å². The van der Waals surface area contributed by atoms with Gasteiger partial charge in [0.2, 0.25) is 0 Å². The zero-order valence-corrected chi connectivity index (χ0v) is 17.5. The van der Waals surface area contributed by atoms with Gasteiger partial charge in [-0.3, -0.25) is 4.79 Å². The largest absolute Gasteiger partial charge is 0.419 e. The van der Waals surface area contributed by atoms with E-state index in [4.69, 9.17) is 9.26 Å². The van der Waals surface area contributed by atoms with Gasteiger partial charge in [0.15, 0.2) is 11.5 Å². The first kappa shape index (κ1) is 24.1. The van der Waals surface area contributed by atoms with Crippen LogP contribution in [-0.2, 0) is 17.5 Å². The maximum absolute atomic E-state index is 14.1. The molecule has 0 unspecified atom stereocenters. The molecule has 3 N–H and O–H groups in total. The topological polar surface area (TPSA) is 96.6 Å². The van der Waals surface area contributed by atoms with Gasteiger partial charge in [0, 0.05) is 37.4 Å². The lowest BCUT2D eigenvalue weighted by Crippen LogP contribution is -2.40. The molecule has 11 heteroatoms. The van der Waals surface area contributed by atoms with Crippen LogP contribution in [0.1, 0.15) is 47.3 Å². The molecule has 0 radical (unpaired) electrons. The molecule has 3 rings (SSSR count). The van der Waals surface area contributed by atoms with Crippen LogP contribution < -0.4 is 10.6 Å². The van der Waals surface area contributed by atoms with Gasteiger partial charge in [-0.15, -0.1) is 0 Å². The van der Waals surface area contributed by atoms with Crippen LogP contribution in [0.2, 0.25) is 0 Å². The Morgan fingerprint density at radius 2 is 2.12 bits per heavy atom. The Morgan fingerprint density at radius 1 is 1.34 bits per heavy atom. The number of aliphatic hydroxyl groups is 1. The van der Waals surface area contributed by atoms with Crippen LogP contribution in [0.15, 0.2) is 22.7 Å². The molecule has 1 aromatic carbocycles. The standard InChI is InChI=1S/C21H25F4N3O4/c1-31-8-7-26-11-15-18(20(30)27-13-3-2-4-14(29)10-13)28-32-19(15)12-5-6-16(17(22)9-12)21(23,24)25/h5-6,9,13-14,26,29H,2-4,7-8,10-11H2,1H3,(H,27,30)/t13-,14+/m0/s1. The molecule has 1 saturated carbocycles. The minimum Gasteiger partial charge on any atom is -0.393 e. The van der Waals surface area contributed by atoms with Crippen molar-refractivity contribution >= 4 is 5.91 Å². The molecule has 1 amide bonds. The second-order valence-electron chi connectivity index (χ2n) is 7.69. The van der Waals surface area contributed by atoms with Crippen molar-refractivity contribution in [3.05, 3.63) is 40.8 Å². The summed E-state index contributed by atoms with van der Waals surface area (Å²) in [5.41, 5.74) is -1.13. The van der Waals surface area contributed by atoms with Crippen molar-refractivity contribution in [3.63, 3.8) is 0 Å². The number of nitrogens with one attached hydrogen (secondary N) is 2. The number of amides is 1. The minimum atomic E-state index is -4.83. The third kappa shape index (κ3) is 5.84. The molecular weight excluding hydrogens is 434 g/mol. The SMILES string of the molecule is COCCNCc1c(C(=O)N[C@H]2CCC[C@@H](O)C2)noc1-c1ccc(C(F)(F)F)c(F)c1. The van der Waals surface area contributed by atoms with Gasteiger partial charge in [0.05, 0.1) is 18.3 Å². The number of carbonyl (C=O) groups is 1. The highest BCUT2D eigenvalue weighted by molar-refractivity contribution is 5.95. The van der Waals surface area contributed by atoms with Crippen molar-refractivity contribution in [1.82, 2.24) is 15.8 Å². The lowest BCUT2D eigenvalue weighted by molar-refractivity contribution is -0.139. The van der Waals surface area contributed by atoms with Gasteiger partial charge in [-0.2, -0.15) is 13.2 Å². The molecule has 1 heterocycles. The Bertz CT molecular complexity index is 932. The van der Waals surface area contributed by atoms with Gasteiger partial charge < -0.3 is 25.0 Å². The first-order chi connectivity index (χ1) is 15.2. The monoisotopic (exact) mass is 459 g/mol. The number of halogens is 4. The number of aromatic nitrogens is 1. The highest BCUT2D eigenvalue weighted by atomic mass is 19.4. The summed E-state index contributed by atoms with van der Waals surface area (Å²) < 4.78 is 63.0. The number of hydrogen-bond donors (Lipinski definition) is 3. The number of nitrogens with zero attached hydrogens (tertiary/aromatic N) is 1. The van der Waals surface area contributed by atoms with E-state index in [1.54, 1.807) is 0 Å². The first-order valence-corrected chi connectivity index (χ1v) is 10.2. The van der Waals surface area contributed by atoms with Crippen molar-refractivity contribution in [2.45, 2.75) is 50.6 Å². The number of ether oxygens (including phenoxy) is 1. The molecular formula is C21H25F4N3O4. The van der Waals surface area contributed by atoms with Gasteiger partial charge in [-0.1, -0.05) is 11.2 Å². The smallest absolute Gasteiger partial charge is 0.393 e. The average molecular weight is 459 g/mol. The second-order valence-corrected chi connectivity index (χ2v) is 7.69.